The SMILES string of the molecule is C=C/C(=C\C/C(Cl)=C(\C)F)CC.CC. The van der Waals surface area contributed by atoms with Gasteiger partial charge in [0.1, 0.15) is 5.83 Å². The van der Waals surface area contributed by atoms with E-state index < -0.39 is 0 Å². The largest absolute Gasteiger partial charge is 0.211 e. The van der Waals surface area contributed by atoms with E-state index >= 15 is 0 Å². The molecule has 0 bridgehead atoms. The molecule has 0 aliphatic heterocycles. The molecule has 0 spiro atoms. The van der Waals surface area contributed by atoms with E-state index in [0.717, 1.165) is 12.0 Å². The van der Waals surface area contributed by atoms with E-state index in [2.05, 4.69) is 6.58 Å². The maximum absolute atomic E-state index is 12.4. The predicted molar refractivity (Wildman–Crippen MR) is 64.2 cm³/mol. The zero-order valence-corrected chi connectivity index (χ0v) is 10.3. The van der Waals surface area contributed by atoms with Crippen molar-refractivity contribution in [3.8, 4) is 0 Å². The van der Waals surface area contributed by atoms with Gasteiger partial charge in [-0.2, -0.15) is 0 Å². The highest BCUT2D eigenvalue weighted by atomic mass is 35.5. The minimum Gasteiger partial charge on any atom is -0.211 e. The summed E-state index contributed by atoms with van der Waals surface area (Å²) in [7, 11) is 0. The van der Waals surface area contributed by atoms with Gasteiger partial charge in [0, 0.05) is 6.42 Å². The van der Waals surface area contributed by atoms with E-state index in [1.807, 2.05) is 26.8 Å². The Bertz CT molecular complexity index is 210. The van der Waals surface area contributed by atoms with Gasteiger partial charge in [0.2, 0.25) is 0 Å². The Morgan fingerprint density at radius 2 is 1.93 bits per heavy atom. The second-order valence-electron chi connectivity index (χ2n) is 2.48. The number of halogens is 2. The standard InChI is InChI=1S/C10H14ClF.C2H6/c1-4-9(5-2)6-7-10(11)8(3)12;1-2/h4,6H,1,5,7H2,2-3H3;1-2H3/b9-6+,10-8-;. The van der Waals surface area contributed by atoms with Gasteiger partial charge >= 0.3 is 0 Å². The highest BCUT2D eigenvalue weighted by molar-refractivity contribution is 6.29. The van der Waals surface area contributed by atoms with Crippen molar-refractivity contribution in [2.24, 2.45) is 0 Å². The molecule has 0 aliphatic rings. The molecule has 0 nitrogen and oxygen atoms in total. The fourth-order valence-corrected chi connectivity index (χ4v) is 0.810. The molecule has 0 rings (SSSR count). The van der Waals surface area contributed by atoms with Crippen LogP contribution in [0.5, 0.6) is 0 Å². The topological polar surface area (TPSA) is 0 Å². The van der Waals surface area contributed by atoms with Crippen LogP contribution in [0.3, 0.4) is 0 Å². The van der Waals surface area contributed by atoms with Gasteiger partial charge in [-0.1, -0.05) is 56.7 Å². The molecule has 0 radical (unpaired) electrons. The van der Waals surface area contributed by atoms with Crippen molar-refractivity contribution >= 4 is 11.6 Å². The van der Waals surface area contributed by atoms with Crippen LogP contribution >= 0.6 is 11.6 Å². The summed E-state index contributed by atoms with van der Waals surface area (Å²) in [5.41, 5.74) is 1.09. The molecule has 0 N–H and O–H groups in total. The van der Waals surface area contributed by atoms with E-state index in [4.69, 9.17) is 11.6 Å². The number of allylic oxidation sites excluding steroid dienone is 5. The van der Waals surface area contributed by atoms with Crippen molar-refractivity contribution < 1.29 is 4.39 Å². The summed E-state index contributed by atoms with van der Waals surface area (Å²) in [5.74, 6) is -0.313. The molecule has 2 heteroatoms. The van der Waals surface area contributed by atoms with Crippen molar-refractivity contribution in [2.45, 2.75) is 40.5 Å². The third kappa shape index (κ3) is 8.06. The lowest BCUT2D eigenvalue weighted by Gasteiger charge is -1.97. The molecule has 0 aromatic rings. The van der Waals surface area contributed by atoms with Crippen molar-refractivity contribution in [2.75, 3.05) is 0 Å². The number of hydrogen-bond donors (Lipinski definition) is 0. The maximum atomic E-state index is 12.4. The molecule has 0 saturated heterocycles. The Hall–Kier alpha value is -0.560. The Morgan fingerprint density at radius 1 is 1.43 bits per heavy atom. The molecule has 0 aliphatic carbocycles. The molecular formula is C12H20ClF. The van der Waals surface area contributed by atoms with Crippen LogP contribution in [0, 0.1) is 0 Å². The third-order valence-electron chi connectivity index (χ3n) is 1.59. The zero-order valence-electron chi connectivity index (χ0n) is 9.53. The van der Waals surface area contributed by atoms with E-state index in [9.17, 15) is 4.39 Å². The Kier molecular flexibility index (Phi) is 11.9. The van der Waals surface area contributed by atoms with Crippen LogP contribution in [0.2, 0.25) is 0 Å². The summed E-state index contributed by atoms with van der Waals surface area (Å²) in [6.07, 6.45) is 5.01. The van der Waals surface area contributed by atoms with Crippen molar-refractivity contribution in [1.29, 1.82) is 0 Å². The monoisotopic (exact) mass is 218 g/mol. The highest BCUT2D eigenvalue weighted by Crippen LogP contribution is 2.16. The second kappa shape index (κ2) is 10.5. The van der Waals surface area contributed by atoms with Gasteiger partial charge in [-0.15, -0.1) is 0 Å². The molecule has 0 fully saturated rings. The van der Waals surface area contributed by atoms with Gasteiger partial charge in [0.15, 0.2) is 0 Å². The van der Waals surface area contributed by atoms with Crippen LogP contribution in [-0.2, 0) is 0 Å². The van der Waals surface area contributed by atoms with Crippen LogP contribution in [0.25, 0.3) is 0 Å². The minimum atomic E-state index is -0.313. The first-order valence-corrected chi connectivity index (χ1v) is 5.31. The van der Waals surface area contributed by atoms with Gasteiger partial charge < -0.3 is 0 Å². The lowest BCUT2D eigenvalue weighted by molar-refractivity contribution is 0.632. The summed E-state index contributed by atoms with van der Waals surface area (Å²) in [6.45, 7) is 11.0. The highest BCUT2D eigenvalue weighted by Gasteiger charge is 1.95. The van der Waals surface area contributed by atoms with Gasteiger partial charge in [0.05, 0.1) is 5.03 Å². The summed E-state index contributed by atoms with van der Waals surface area (Å²) in [5, 5.41) is 0.266. The average Bonchev–Trinajstić information content (AvgIpc) is 2.22. The third-order valence-corrected chi connectivity index (χ3v) is 2.00. The normalized spacial score (nSPS) is 12.6. The lowest BCUT2D eigenvalue weighted by Crippen LogP contribution is -1.77. The van der Waals surface area contributed by atoms with Gasteiger partial charge in [-0.25, -0.2) is 4.39 Å². The quantitative estimate of drug-likeness (QED) is 0.557. The smallest absolute Gasteiger partial charge is 0.112 e. The Morgan fingerprint density at radius 3 is 2.21 bits per heavy atom. The molecule has 0 atom stereocenters. The zero-order chi connectivity index (χ0) is 11.6. The van der Waals surface area contributed by atoms with Gasteiger partial charge in [0.25, 0.3) is 0 Å². The molecule has 0 saturated carbocycles. The van der Waals surface area contributed by atoms with Crippen LogP contribution < -0.4 is 0 Å². The Labute approximate surface area is 92.2 Å². The average molecular weight is 219 g/mol. The number of rotatable bonds is 4. The van der Waals surface area contributed by atoms with E-state index in [1.54, 1.807) is 6.08 Å². The maximum Gasteiger partial charge on any atom is 0.112 e. The van der Waals surface area contributed by atoms with Crippen molar-refractivity contribution in [3.05, 3.63) is 35.2 Å². The van der Waals surface area contributed by atoms with Gasteiger partial charge in [-0.3, -0.25) is 0 Å². The molecule has 0 heterocycles. The lowest BCUT2D eigenvalue weighted by atomic mass is 10.1. The van der Waals surface area contributed by atoms with Crippen LogP contribution in [-0.4, -0.2) is 0 Å². The first-order chi connectivity index (χ1) is 6.61. The van der Waals surface area contributed by atoms with Gasteiger partial charge in [-0.05, 0) is 13.3 Å². The van der Waals surface area contributed by atoms with Crippen molar-refractivity contribution in [1.82, 2.24) is 0 Å². The Balaban J connectivity index is 0. The van der Waals surface area contributed by atoms with Crippen molar-refractivity contribution in [3.63, 3.8) is 0 Å². The molecule has 14 heavy (non-hydrogen) atoms. The minimum absolute atomic E-state index is 0.266. The summed E-state index contributed by atoms with van der Waals surface area (Å²) >= 11 is 5.60. The predicted octanol–water partition coefficient (Wildman–Crippen LogP) is 5.36. The van der Waals surface area contributed by atoms with Crippen LogP contribution in [0.1, 0.15) is 40.5 Å². The summed E-state index contributed by atoms with van der Waals surface area (Å²) in [6, 6.07) is 0. The molecule has 82 valence electrons. The van der Waals surface area contributed by atoms with E-state index in [-0.39, 0.29) is 10.9 Å². The molecule has 0 aromatic heterocycles. The fraction of sp³-hybridized carbons (Fsp3) is 0.500. The van der Waals surface area contributed by atoms with Crippen LogP contribution in [0.4, 0.5) is 4.39 Å². The molecular weight excluding hydrogens is 199 g/mol. The van der Waals surface area contributed by atoms with E-state index in [1.165, 1.54) is 6.92 Å². The molecule has 0 unspecified atom stereocenters. The second-order valence-corrected chi connectivity index (χ2v) is 2.94. The molecule has 0 amide bonds. The summed E-state index contributed by atoms with van der Waals surface area (Å²) in [4.78, 5) is 0. The first-order valence-electron chi connectivity index (χ1n) is 4.94. The fourth-order valence-electron chi connectivity index (χ4n) is 0.733. The molecule has 0 aromatic carbocycles. The first kappa shape index (κ1) is 15.9. The van der Waals surface area contributed by atoms with E-state index in [0.29, 0.717) is 6.42 Å². The number of hydrogen-bond acceptors (Lipinski definition) is 0. The summed E-state index contributed by atoms with van der Waals surface area (Å²) < 4.78 is 12.4. The van der Waals surface area contributed by atoms with Crippen LogP contribution in [0.15, 0.2) is 35.2 Å².